The average molecular weight is 289 g/mol. The zero-order valence-corrected chi connectivity index (χ0v) is 12.4. The number of benzene rings is 1. The molecule has 4 heteroatoms. The monoisotopic (exact) mass is 288 g/mol. The van der Waals surface area contributed by atoms with Gasteiger partial charge in [0, 0.05) is 6.42 Å². The lowest BCUT2D eigenvalue weighted by molar-refractivity contribution is -0.116. The molecule has 0 saturated carbocycles. The Hall–Kier alpha value is -1.87. The number of carbonyl (C=O) groups excluding carboxylic acids is 1. The normalized spacial score (nSPS) is 10.3. The number of halogens is 1. The van der Waals surface area contributed by atoms with E-state index in [9.17, 15) is 4.79 Å². The van der Waals surface area contributed by atoms with Crippen molar-refractivity contribution in [3.8, 4) is 0 Å². The van der Waals surface area contributed by atoms with E-state index >= 15 is 0 Å². The lowest BCUT2D eigenvalue weighted by Gasteiger charge is -2.10. The Labute approximate surface area is 124 Å². The first-order chi connectivity index (χ1) is 9.58. The van der Waals surface area contributed by atoms with Crippen molar-refractivity contribution in [3.63, 3.8) is 0 Å². The molecule has 1 aromatic carbocycles. The van der Waals surface area contributed by atoms with Crippen LogP contribution in [0.4, 0.5) is 5.69 Å². The van der Waals surface area contributed by atoms with Gasteiger partial charge in [-0.15, -0.1) is 0 Å². The van der Waals surface area contributed by atoms with Gasteiger partial charge in [-0.2, -0.15) is 0 Å². The van der Waals surface area contributed by atoms with Crippen molar-refractivity contribution in [2.45, 2.75) is 26.7 Å². The molecule has 0 spiro atoms. The molecule has 1 amide bonds. The van der Waals surface area contributed by atoms with Crippen molar-refractivity contribution in [2.24, 2.45) is 0 Å². The van der Waals surface area contributed by atoms with E-state index in [1.165, 1.54) is 0 Å². The second-order valence-corrected chi connectivity index (χ2v) is 5.11. The maximum absolute atomic E-state index is 12.0. The predicted octanol–water partition coefficient (Wildman–Crippen LogP) is 3.92. The van der Waals surface area contributed by atoms with Crippen molar-refractivity contribution < 1.29 is 4.79 Å². The Morgan fingerprint density at radius 3 is 2.65 bits per heavy atom. The maximum Gasteiger partial charge on any atom is 0.224 e. The number of carbonyl (C=O) groups is 1. The van der Waals surface area contributed by atoms with Gasteiger partial charge in [-0.25, -0.2) is 0 Å². The minimum Gasteiger partial charge on any atom is -0.324 e. The number of aromatic nitrogens is 1. The first kappa shape index (κ1) is 14.5. The molecular weight excluding hydrogens is 272 g/mol. The van der Waals surface area contributed by atoms with Crippen LogP contribution >= 0.6 is 11.6 Å². The highest BCUT2D eigenvalue weighted by molar-refractivity contribution is 6.32. The van der Waals surface area contributed by atoms with Crippen LogP contribution in [0.2, 0.25) is 5.02 Å². The number of nitrogens with zero attached hydrogens (tertiary/aromatic N) is 1. The molecule has 0 bridgehead atoms. The first-order valence-electron chi connectivity index (χ1n) is 6.53. The van der Waals surface area contributed by atoms with Crippen LogP contribution in [0.15, 0.2) is 36.5 Å². The molecule has 0 saturated heterocycles. The van der Waals surface area contributed by atoms with Crippen LogP contribution in [0.1, 0.15) is 23.2 Å². The topological polar surface area (TPSA) is 42.0 Å². The lowest BCUT2D eigenvalue weighted by Crippen LogP contribution is -2.13. The summed E-state index contributed by atoms with van der Waals surface area (Å²) in [6, 6.07) is 9.95. The van der Waals surface area contributed by atoms with Crippen LogP contribution in [0.5, 0.6) is 0 Å². The molecule has 1 N–H and O–H groups in total. The molecule has 2 rings (SSSR count). The van der Waals surface area contributed by atoms with Crippen molar-refractivity contribution in [1.82, 2.24) is 4.98 Å². The number of pyridine rings is 1. The average Bonchev–Trinajstić information content (AvgIpc) is 2.47. The number of nitrogens with one attached hydrogen (secondary N) is 1. The zero-order valence-electron chi connectivity index (χ0n) is 11.6. The molecular formula is C16H17ClN2O. The number of aryl methyl sites for hydroxylation is 2. The minimum absolute atomic E-state index is 0.0290. The van der Waals surface area contributed by atoms with E-state index in [0.29, 0.717) is 17.1 Å². The summed E-state index contributed by atoms with van der Waals surface area (Å²) in [6.07, 6.45) is 2.81. The standard InChI is InChI=1S/C16H17ClN2O/c1-11-14(10-18-12(2)16(11)17)19-15(20)9-8-13-6-4-3-5-7-13/h3-7,10H,8-9H2,1-2H3,(H,19,20). The lowest BCUT2D eigenvalue weighted by atomic mass is 10.1. The van der Waals surface area contributed by atoms with Gasteiger partial charge in [0.25, 0.3) is 0 Å². The third-order valence-electron chi connectivity index (χ3n) is 3.20. The molecule has 0 aliphatic heterocycles. The number of amides is 1. The van der Waals surface area contributed by atoms with Crippen LogP contribution in [0, 0.1) is 13.8 Å². The molecule has 0 atom stereocenters. The number of hydrogen-bond acceptors (Lipinski definition) is 2. The quantitative estimate of drug-likeness (QED) is 0.926. The Balaban J connectivity index is 1.97. The fraction of sp³-hybridized carbons (Fsp3) is 0.250. The third kappa shape index (κ3) is 3.58. The van der Waals surface area contributed by atoms with E-state index in [1.54, 1.807) is 6.20 Å². The molecule has 3 nitrogen and oxygen atoms in total. The Morgan fingerprint density at radius 2 is 1.95 bits per heavy atom. The fourth-order valence-corrected chi connectivity index (χ4v) is 2.10. The second-order valence-electron chi connectivity index (χ2n) is 4.73. The number of rotatable bonds is 4. The van der Waals surface area contributed by atoms with Gasteiger partial charge in [0.1, 0.15) is 0 Å². The van der Waals surface area contributed by atoms with E-state index in [-0.39, 0.29) is 5.91 Å². The van der Waals surface area contributed by atoms with Gasteiger partial charge in [-0.1, -0.05) is 41.9 Å². The fourth-order valence-electron chi connectivity index (χ4n) is 1.95. The molecule has 0 aliphatic carbocycles. The van der Waals surface area contributed by atoms with Crippen LogP contribution in [0.25, 0.3) is 0 Å². The molecule has 1 aromatic heterocycles. The SMILES string of the molecule is Cc1ncc(NC(=O)CCc2ccccc2)c(C)c1Cl. The van der Waals surface area contributed by atoms with E-state index < -0.39 is 0 Å². The summed E-state index contributed by atoms with van der Waals surface area (Å²) in [4.78, 5) is 16.1. The Bertz CT molecular complexity index is 611. The van der Waals surface area contributed by atoms with Gasteiger partial charge in [-0.3, -0.25) is 9.78 Å². The summed E-state index contributed by atoms with van der Waals surface area (Å²) in [5.41, 5.74) is 3.46. The molecule has 20 heavy (non-hydrogen) atoms. The highest BCUT2D eigenvalue weighted by Crippen LogP contribution is 2.24. The summed E-state index contributed by atoms with van der Waals surface area (Å²) >= 11 is 6.13. The second kappa shape index (κ2) is 6.53. The molecule has 0 unspecified atom stereocenters. The van der Waals surface area contributed by atoms with Gasteiger partial charge in [0.15, 0.2) is 0 Å². The van der Waals surface area contributed by atoms with Crippen LogP contribution in [-0.4, -0.2) is 10.9 Å². The minimum atomic E-state index is -0.0290. The highest BCUT2D eigenvalue weighted by Gasteiger charge is 2.09. The van der Waals surface area contributed by atoms with E-state index in [2.05, 4.69) is 10.3 Å². The third-order valence-corrected chi connectivity index (χ3v) is 3.75. The summed E-state index contributed by atoms with van der Waals surface area (Å²) in [5, 5.41) is 3.47. The van der Waals surface area contributed by atoms with Crippen molar-refractivity contribution in [1.29, 1.82) is 0 Å². The molecule has 104 valence electrons. The van der Waals surface area contributed by atoms with Gasteiger partial charge in [0.05, 0.1) is 22.6 Å². The van der Waals surface area contributed by atoms with Crippen LogP contribution in [0.3, 0.4) is 0 Å². The molecule has 1 heterocycles. The summed E-state index contributed by atoms with van der Waals surface area (Å²) in [7, 11) is 0. The van der Waals surface area contributed by atoms with Crippen molar-refractivity contribution in [3.05, 3.63) is 58.4 Å². The maximum atomic E-state index is 12.0. The van der Waals surface area contributed by atoms with Gasteiger partial charge in [-0.05, 0) is 31.4 Å². The van der Waals surface area contributed by atoms with Crippen molar-refractivity contribution >= 4 is 23.2 Å². The Kier molecular flexibility index (Phi) is 4.74. The largest absolute Gasteiger partial charge is 0.324 e. The first-order valence-corrected chi connectivity index (χ1v) is 6.91. The summed E-state index contributed by atoms with van der Waals surface area (Å²) in [6.45, 7) is 3.72. The predicted molar refractivity (Wildman–Crippen MR) is 82.1 cm³/mol. The number of anilines is 1. The number of hydrogen-bond donors (Lipinski definition) is 1. The van der Waals surface area contributed by atoms with Gasteiger partial charge < -0.3 is 5.32 Å². The van der Waals surface area contributed by atoms with Gasteiger partial charge in [0.2, 0.25) is 5.91 Å². The van der Waals surface area contributed by atoms with E-state index in [4.69, 9.17) is 11.6 Å². The summed E-state index contributed by atoms with van der Waals surface area (Å²) < 4.78 is 0. The highest BCUT2D eigenvalue weighted by atomic mass is 35.5. The molecule has 0 radical (unpaired) electrons. The van der Waals surface area contributed by atoms with E-state index in [0.717, 1.165) is 23.2 Å². The van der Waals surface area contributed by atoms with Crippen molar-refractivity contribution in [2.75, 3.05) is 5.32 Å². The summed E-state index contributed by atoms with van der Waals surface area (Å²) in [5.74, 6) is -0.0290. The van der Waals surface area contributed by atoms with Crippen LogP contribution < -0.4 is 5.32 Å². The molecule has 0 fully saturated rings. The molecule has 2 aromatic rings. The molecule has 0 aliphatic rings. The Morgan fingerprint density at radius 1 is 1.25 bits per heavy atom. The zero-order chi connectivity index (χ0) is 14.5. The van der Waals surface area contributed by atoms with Gasteiger partial charge >= 0.3 is 0 Å². The van der Waals surface area contributed by atoms with Crippen LogP contribution in [-0.2, 0) is 11.2 Å². The smallest absolute Gasteiger partial charge is 0.224 e. The van der Waals surface area contributed by atoms with E-state index in [1.807, 2.05) is 44.2 Å².